The summed E-state index contributed by atoms with van der Waals surface area (Å²) >= 11 is 0. The van der Waals surface area contributed by atoms with E-state index in [1.165, 1.54) is 24.3 Å². The Labute approximate surface area is 102 Å². The molecule has 7 nitrogen and oxygen atoms in total. The van der Waals surface area contributed by atoms with Crippen LogP contribution in [-0.2, 0) is 4.79 Å². The van der Waals surface area contributed by atoms with Gasteiger partial charge < -0.3 is 14.8 Å². The lowest BCUT2D eigenvalue weighted by molar-refractivity contribution is -0.384. The third-order valence-electron chi connectivity index (χ3n) is 2.26. The number of rotatable bonds is 3. The molecule has 1 N–H and O–H groups in total. The smallest absolute Gasteiger partial charge is 0.296 e. The molecule has 0 saturated heterocycles. The molecule has 94 valence electrons. The number of nitrogens with one attached hydrogen (secondary N) is 1. The van der Waals surface area contributed by atoms with Crippen molar-refractivity contribution in [3.05, 3.63) is 34.4 Å². The maximum atomic E-state index is 11.4. The highest BCUT2D eigenvalue weighted by atomic mass is 16.7. The predicted molar refractivity (Wildman–Crippen MR) is 62.7 cm³/mol. The fourth-order valence-corrected chi connectivity index (χ4v) is 1.51. The van der Waals surface area contributed by atoms with Crippen molar-refractivity contribution in [1.29, 1.82) is 0 Å². The highest BCUT2D eigenvalue weighted by molar-refractivity contribution is 6.01. The van der Waals surface area contributed by atoms with Crippen LogP contribution in [0.15, 0.2) is 24.3 Å². The number of benzene rings is 1. The quantitative estimate of drug-likeness (QED) is 0.502. The van der Waals surface area contributed by atoms with Gasteiger partial charge in [0, 0.05) is 6.07 Å². The first-order chi connectivity index (χ1) is 8.61. The fourth-order valence-electron chi connectivity index (χ4n) is 1.51. The van der Waals surface area contributed by atoms with E-state index in [4.69, 9.17) is 9.47 Å². The molecule has 1 aliphatic heterocycles. The second-order valence-electron chi connectivity index (χ2n) is 3.47. The molecule has 0 spiro atoms. The lowest BCUT2D eigenvalue weighted by Gasteiger charge is -2.05. The maximum absolute atomic E-state index is 11.4. The lowest BCUT2D eigenvalue weighted by atomic mass is 10.2. The summed E-state index contributed by atoms with van der Waals surface area (Å²) in [6.07, 6.45) is 2.81. The summed E-state index contributed by atoms with van der Waals surface area (Å²) < 4.78 is 10.1. The number of hydrogen-bond donors (Lipinski definition) is 1. The SMILES string of the molecule is C/C=C/C(=O)Nc1cc2c(cc1[N+](=O)[O-])OCO2. The van der Waals surface area contributed by atoms with Gasteiger partial charge in [-0.25, -0.2) is 0 Å². The van der Waals surface area contributed by atoms with Crippen LogP contribution >= 0.6 is 0 Å². The van der Waals surface area contributed by atoms with Gasteiger partial charge in [0.25, 0.3) is 5.69 Å². The summed E-state index contributed by atoms with van der Waals surface area (Å²) in [5.41, 5.74) is -0.163. The van der Waals surface area contributed by atoms with Gasteiger partial charge in [0.15, 0.2) is 11.5 Å². The summed E-state index contributed by atoms with van der Waals surface area (Å²) in [5.74, 6) is 0.224. The molecule has 0 bridgehead atoms. The van der Waals surface area contributed by atoms with Crippen LogP contribution < -0.4 is 14.8 Å². The van der Waals surface area contributed by atoms with Crippen LogP contribution in [0.4, 0.5) is 11.4 Å². The van der Waals surface area contributed by atoms with Gasteiger partial charge in [-0.2, -0.15) is 0 Å². The van der Waals surface area contributed by atoms with Crippen molar-refractivity contribution in [2.75, 3.05) is 12.1 Å². The summed E-state index contributed by atoms with van der Waals surface area (Å²) in [5, 5.41) is 13.3. The molecule has 0 aliphatic carbocycles. The predicted octanol–water partition coefficient (Wildman–Crippen LogP) is 1.84. The number of nitrogens with zero attached hydrogens (tertiary/aromatic N) is 1. The Balaban J connectivity index is 2.38. The minimum absolute atomic E-state index is 0.0126. The van der Waals surface area contributed by atoms with E-state index >= 15 is 0 Å². The van der Waals surface area contributed by atoms with E-state index in [1.54, 1.807) is 6.92 Å². The minimum atomic E-state index is -0.590. The molecule has 1 amide bonds. The number of anilines is 1. The number of carbonyl (C=O) groups is 1. The maximum Gasteiger partial charge on any atom is 0.296 e. The average Bonchev–Trinajstić information content (AvgIpc) is 2.74. The van der Waals surface area contributed by atoms with E-state index in [1.807, 2.05) is 0 Å². The van der Waals surface area contributed by atoms with Crippen LogP contribution in [0.3, 0.4) is 0 Å². The highest BCUT2D eigenvalue weighted by Crippen LogP contribution is 2.40. The van der Waals surface area contributed by atoms with Gasteiger partial charge in [-0.05, 0) is 13.0 Å². The lowest BCUT2D eigenvalue weighted by Crippen LogP contribution is -2.09. The highest BCUT2D eigenvalue weighted by Gasteiger charge is 2.23. The topological polar surface area (TPSA) is 90.7 Å². The number of fused-ring (bicyclic) bond motifs is 1. The molecule has 1 heterocycles. The van der Waals surface area contributed by atoms with Crippen molar-refractivity contribution < 1.29 is 19.2 Å². The van der Waals surface area contributed by atoms with E-state index in [2.05, 4.69) is 5.32 Å². The first kappa shape index (κ1) is 11.9. The number of carbonyl (C=O) groups excluding carboxylic acids is 1. The van der Waals surface area contributed by atoms with Crippen LogP contribution in [0.1, 0.15) is 6.92 Å². The molecular weight excluding hydrogens is 240 g/mol. The van der Waals surface area contributed by atoms with Gasteiger partial charge in [-0.15, -0.1) is 0 Å². The molecule has 1 aromatic carbocycles. The first-order valence-electron chi connectivity index (χ1n) is 5.13. The van der Waals surface area contributed by atoms with Crippen LogP contribution in [0.5, 0.6) is 11.5 Å². The Morgan fingerprint density at radius 3 is 2.72 bits per heavy atom. The molecule has 0 saturated carbocycles. The van der Waals surface area contributed by atoms with Crippen molar-refractivity contribution in [3.8, 4) is 11.5 Å². The molecule has 0 fully saturated rings. The van der Waals surface area contributed by atoms with Crippen LogP contribution in [0.25, 0.3) is 0 Å². The van der Waals surface area contributed by atoms with Gasteiger partial charge in [-0.3, -0.25) is 14.9 Å². The number of nitro groups is 1. The van der Waals surface area contributed by atoms with Crippen molar-refractivity contribution in [2.24, 2.45) is 0 Å². The summed E-state index contributed by atoms with van der Waals surface area (Å²) in [7, 11) is 0. The van der Waals surface area contributed by atoms with E-state index in [-0.39, 0.29) is 18.2 Å². The van der Waals surface area contributed by atoms with E-state index in [0.717, 1.165) is 0 Å². The van der Waals surface area contributed by atoms with Crippen molar-refractivity contribution in [1.82, 2.24) is 0 Å². The molecule has 0 unspecified atom stereocenters. The number of amides is 1. The Kier molecular flexibility index (Phi) is 3.13. The van der Waals surface area contributed by atoms with Gasteiger partial charge in [-0.1, -0.05) is 6.08 Å². The minimum Gasteiger partial charge on any atom is -0.454 e. The first-order valence-corrected chi connectivity index (χ1v) is 5.13. The van der Waals surface area contributed by atoms with Gasteiger partial charge in [0.2, 0.25) is 12.7 Å². The molecular formula is C11H10N2O5. The second kappa shape index (κ2) is 4.74. The van der Waals surface area contributed by atoms with E-state index < -0.39 is 10.8 Å². The van der Waals surface area contributed by atoms with Crippen molar-refractivity contribution in [3.63, 3.8) is 0 Å². The molecule has 1 aromatic rings. The van der Waals surface area contributed by atoms with Crippen molar-refractivity contribution in [2.45, 2.75) is 6.92 Å². The molecule has 0 aromatic heterocycles. The summed E-state index contributed by atoms with van der Waals surface area (Å²) in [6, 6.07) is 2.61. The standard InChI is InChI=1S/C11H10N2O5/c1-2-3-11(14)12-7-4-9-10(18-6-17-9)5-8(7)13(15)16/h2-5H,6H2,1H3,(H,12,14)/b3-2+. The molecule has 7 heteroatoms. The third kappa shape index (κ3) is 2.24. The van der Waals surface area contributed by atoms with Crippen LogP contribution in [-0.4, -0.2) is 17.6 Å². The fraction of sp³-hybridized carbons (Fsp3) is 0.182. The Morgan fingerprint density at radius 1 is 1.44 bits per heavy atom. The third-order valence-corrected chi connectivity index (χ3v) is 2.26. The molecule has 0 radical (unpaired) electrons. The molecule has 1 aliphatic rings. The summed E-state index contributed by atoms with van der Waals surface area (Å²) in [4.78, 5) is 21.7. The number of allylic oxidation sites excluding steroid dienone is 1. The average molecular weight is 250 g/mol. The zero-order valence-corrected chi connectivity index (χ0v) is 9.50. The monoisotopic (exact) mass is 250 g/mol. The van der Waals surface area contributed by atoms with E-state index in [9.17, 15) is 14.9 Å². The Morgan fingerprint density at radius 2 is 2.11 bits per heavy atom. The van der Waals surface area contributed by atoms with Gasteiger partial charge in [0.05, 0.1) is 11.0 Å². The van der Waals surface area contributed by atoms with Crippen LogP contribution in [0, 0.1) is 10.1 Å². The Hall–Kier alpha value is -2.57. The zero-order valence-electron chi connectivity index (χ0n) is 9.50. The van der Waals surface area contributed by atoms with Crippen LogP contribution in [0.2, 0.25) is 0 Å². The normalized spacial score (nSPS) is 12.7. The Bertz CT molecular complexity index is 538. The van der Waals surface area contributed by atoms with Gasteiger partial charge in [0.1, 0.15) is 5.69 Å². The van der Waals surface area contributed by atoms with E-state index in [0.29, 0.717) is 11.5 Å². The number of hydrogen-bond acceptors (Lipinski definition) is 5. The largest absolute Gasteiger partial charge is 0.454 e. The molecule has 0 atom stereocenters. The van der Waals surface area contributed by atoms with Gasteiger partial charge >= 0.3 is 0 Å². The molecule has 18 heavy (non-hydrogen) atoms. The van der Waals surface area contributed by atoms with Crippen molar-refractivity contribution >= 4 is 17.3 Å². The number of nitro benzene ring substituents is 1. The second-order valence-corrected chi connectivity index (χ2v) is 3.47. The molecule has 2 rings (SSSR count). The summed E-state index contributed by atoms with van der Waals surface area (Å²) in [6.45, 7) is 1.69. The zero-order chi connectivity index (χ0) is 13.1. The number of ether oxygens (including phenoxy) is 2.